The molecule has 1 aromatic rings. The van der Waals surface area contributed by atoms with E-state index in [0.717, 1.165) is 16.9 Å². The van der Waals surface area contributed by atoms with Gasteiger partial charge in [-0.05, 0) is 25.0 Å². The molecule has 1 rings (SSSR count). The number of aryl methyl sites for hydroxylation is 2. The molecule has 0 aliphatic rings. The molecule has 4 heteroatoms. The zero-order valence-corrected chi connectivity index (χ0v) is 8.99. The fourth-order valence-corrected chi connectivity index (χ4v) is 1.28. The van der Waals surface area contributed by atoms with Gasteiger partial charge in [-0.1, -0.05) is 18.2 Å². The van der Waals surface area contributed by atoms with Gasteiger partial charge in [0.15, 0.2) is 0 Å². The molecule has 4 nitrogen and oxygen atoms in total. The maximum Gasteiger partial charge on any atom is 0.237 e. The van der Waals surface area contributed by atoms with Gasteiger partial charge in [0.05, 0.1) is 0 Å². The summed E-state index contributed by atoms with van der Waals surface area (Å²) in [5.74, 6) is 0.218. The Morgan fingerprint density at radius 3 is 2.40 bits per heavy atom. The van der Waals surface area contributed by atoms with Crippen LogP contribution in [0.4, 0.5) is 0 Å². The van der Waals surface area contributed by atoms with E-state index in [9.17, 15) is 4.79 Å². The Balaban J connectivity index is 2.69. The van der Waals surface area contributed by atoms with E-state index < -0.39 is 11.9 Å². The van der Waals surface area contributed by atoms with Gasteiger partial charge in [-0.15, -0.1) is 0 Å². The molecule has 1 aromatic carbocycles. The van der Waals surface area contributed by atoms with E-state index in [0.29, 0.717) is 0 Å². The van der Waals surface area contributed by atoms with Crippen molar-refractivity contribution in [2.24, 2.45) is 11.5 Å². The van der Waals surface area contributed by atoms with Gasteiger partial charge < -0.3 is 16.2 Å². The zero-order valence-electron chi connectivity index (χ0n) is 8.99. The van der Waals surface area contributed by atoms with Crippen molar-refractivity contribution in [2.45, 2.75) is 19.9 Å². The van der Waals surface area contributed by atoms with Crippen molar-refractivity contribution < 1.29 is 9.53 Å². The minimum atomic E-state index is -0.760. The van der Waals surface area contributed by atoms with E-state index in [1.807, 2.05) is 32.0 Å². The van der Waals surface area contributed by atoms with Crippen LogP contribution in [0, 0.1) is 13.8 Å². The summed E-state index contributed by atoms with van der Waals surface area (Å²) < 4.78 is 5.46. The average Bonchev–Trinajstić information content (AvgIpc) is 2.16. The smallest absolute Gasteiger partial charge is 0.237 e. The number of hydrogen-bond donors (Lipinski definition) is 2. The number of hydrogen-bond acceptors (Lipinski definition) is 3. The minimum absolute atomic E-state index is 0.112. The van der Waals surface area contributed by atoms with E-state index >= 15 is 0 Å². The average molecular weight is 208 g/mol. The molecule has 1 atom stereocenters. The van der Waals surface area contributed by atoms with Gasteiger partial charge in [0.1, 0.15) is 18.4 Å². The molecule has 0 aromatic heterocycles. The monoisotopic (exact) mass is 208 g/mol. The second kappa shape index (κ2) is 4.79. The Kier molecular flexibility index (Phi) is 3.68. The first kappa shape index (κ1) is 11.5. The van der Waals surface area contributed by atoms with Crippen LogP contribution in [0.15, 0.2) is 18.2 Å². The predicted octanol–water partition coefficient (Wildman–Crippen LogP) is 0.495. The number of carbonyl (C=O) groups is 1. The first-order valence-corrected chi connectivity index (χ1v) is 4.76. The summed E-state index contributed by atoms with van der Waals surface area (Å²) in [7, 11) is 0. The van der Waals surface area contributed by atoms with Crippen LogP contribution in [0.25, 0.3) is 0 Å². The van der Waals surface area contributed by atoms with Gasteiger partial charge in [-0.2, -0.15) is 0 Å². The summed E-state index contributed by atoms with van der Waals surface area (Å²) in [5.41, 5.74) is 12.5. The van der Waals surface area contributed by atoms with Crippen molar-refractivity contribution in [3.8, 4) is 5.75 Å². The molecule has 0 heterocycles. The second-order valence-corrected chi connectivity index (χ2v) is 3.54. The lowest BCUT2D eigenvalue weighted by Crippen LogP contribution is -2.41. The number of amides is 1. The Labute approximate surface area is 89.2 Å². The molecule has 0 saturated heterocycles. The molecule has 0 aliphatic carbocycles. The molecular formula is C11H16N2O2. The van der Waals surface area contributed by atoms with Crippen molar-refractivity contribution in [3.05, 3.63) is 29.3 Å². The van der Waals surface area contributed by atoms with Crippen LogP contribution in [0.2, 0.25) is 0 Å². The lowest BCUT2D eigenvalue weighted by atomic mass is 10.1. The van der Waals surface area contributed by atoms with Gasteiger partial charge in [-0.3, -0.25) is 4.79 Å². The molecule has 0 fully saturated rings. The van der Waals surface area contributed by atoms with Crippen molar-refractivity contribution in [1.82, 2.24) is 0 Å². The van der Waals surface area contributed by atoms with Crippen molar-refractivity contribution in [3.63, 3.8) is 0 Å². The van der Waals surface area contributed by atoms with Crippen LogP contribution in [0.5, 0.6) is 5.75 Å². The van der Waals surface area contributed by atoms with E-state index in [4.69, 9.17) is 16.2 Å². The first-order chi connectivity index (χ1) is 7.02. The molecule has 82 valence electrons. The van der Waals surface area contributed by atoms with E-state index in [1.54, 1.807) is 0 Å². The highest BCUT2D eigenvalue weighted by Gasteiger charge is 2.11. The number of para-hydroxylation sites is 1. The van der Waals surface area contributed by atoms with E-state index in [1.165, 1.54) is 0 Å². The molecule has 0 spiro atoms. The minimum Gasteiger partial charge on any atom is -0.491 e. The number of ether oxygens (including phenoxy) is 1. The first-order valence-electron chi connectivity index (χ1n) is 4.76. The highest BCUT2D eigenvalue weighted by atomic mass is 16.5. The third-order valence-corrected chi connectivity index (χ3v) is 2.18. The molecule has 4 N–H and O–H groups in total. The highest BCUT2D eigenvalue weighted by molar-refractivity contribution is 5.79. The summed E-state index contributed by atoms with van der Waals surface area (Å²) in [6.07, 6.45) is 0. The van der Waals surface area contributed by atoms with Gasteiger partial charge in [-0.25, -0.2) is 0 Å². The topological polar surface area (TPSA) is 78.3 Å². The summed E-state index contributed by atoms with van der Waals surface area (Å²) in [6, 6.07) is 5.07. The van der Waals surface area contributed by atoms with Gasteiger partial charge in [0.2, 0.25) is 5.91 Å². The molecule has 15 heavy (non-hydrogen) atoms. The molecule has 0 saturated carbocycles. The largest absolute Gasteiger partial charge is 0.491 e. The lowest BCUT2D eigenvalue weighted by molar-refractivity contribution is -0.119. The molecule has 0 aliphatic heterocycles. The summed E-state index contributed by atoms with van der Waals surface area (Å²) >= 11 is 0. The SMILES string of the molecule is Cc1cccc(C)c1OCC(N)C(N)=O. The van der Waals surface area contributed by atoms with Crippen molar-refractivity contribution in [2.75, 3.05) is 6.61 Å². The van der Waals surface area contributed by atoms with Crippen LogP contribution < -0.4 is 16.2 Å². The van der Waals surface area contributed by atoms with Gasteiger partial charge in [0, 0.05) is 0 Å². The maximum atomic E-state index is 10.7. The van der Waals surface area contributed by atoms with Crippen molar-refractivity contribution in [1.29, 1.82) is 0 Å². The fourth-order valence-electron chi connectivity index (χ4n) is 1.28. The Bertz CT molecular complexity index is 343. The second-order valence-electron chi connectivity index (χ2n) is 3.54. The lowest BCUT2D eigenvalue weighted by Gasteiger charge is -2.14. The van der Waals surface area contributed by atoms with E-state index in [2.05, 4.69) is 0 Å². The number of nitrogens with two attached hydrogens (primary N) is 2. The third-order valence-electron chi connectivity index (χ3n) is 2.18. The van der Waals surface area contributed by atoms with Gasteiger partial charge >= 0.3 is 0 Å². The number of rotatable bonds is 4. The summed E-state index contributed by atoms with van der Waals surface area (Å²) in [5, 5.41) is 0. The number of benzene rings is 1. The summed E-state index contributed by atoms with van der Waals surface area (Å²) in [4.78, 5) is 10.7. The molecule has 0 radical (unpaired) electrons. The normalized spacial score (nSPS) is 12.2. The standard InChI is InChI=1S/C11H16N2O2/c1-7-4-3-5-8(2)10(7)15-6-9(12)11(13)14/h3-5,9H,6,12H2,1-2H3,(H2,13,14). The number of primary amides is 1. The van der Waals surface area contributed by atoms with Crippen LogP contribution in [0.1, 0.15) is 11.1 Å². The summed E-state index contributed by atoms with van der Waals surface area (Å²) in [6.45, 7) is 4.00. The van der Waals surface area contributed by atoms with Crippen LogP contribution in [0.3, 0.4) is 0 Å². The third kappa shape index (κ3) is 2.95. The van der Waals surface area contributed by atoms with Gasteiger partial charge in [0.25, 0.3) is 0 Å². The predicted molar refractivity (Wildman–Crippen MR) is 58.6 cm³/mol. The maximum absolute atomic E-state index is 10.7. The van der Waals surface area contributed by atoms with E-state index in [-0.39, 0.29) is 6.61 Å². The molecule has 1 unspecified atom stereocenters. The quantitative estimate of drug-likeness (QED) is 0.756. The van der Waals surface area contributed by atoms with Crippen LogP contribution >= 0.6 is 0 Å². The number of carbonyl (C=O) groups excluding carboxylic acids is 1. The fraction of sp³-hybridized carbons (Fsp3) is 0.364. The zero-order chi connectivity index (χ0) is 11.4. The molecule has 0 bridgehead atoms. The van der Waals surface area contributed by atoms with Crippen LogP contribution in [-0.2, 0) is 4.79 Å². The highest BCUT2D eigenvalue weighted by Crippen LogP contribution is 2.22. The Morgan fingerprint density at radius 2 is 1.93 bits per heavy atom. The van der Waals surface area contributed by atoms with Crippen molar-refractivity contribution >= 4 is 5.91 Å². The molecule has 1 amide bonds. The Morgan fingerprint density at radius 1 is 1.40 bits per heavy atom. The molecular weight excluding hydrogens is 192 g/mol. The van der Waals surface area contributed by atoms with Crippen LogP contribution in [-0.4, -0.2) is 18.6 Å². The Hall–Kier alpha value is -1.55.